The van der Waals surface area contributed by atoms with E-state index in [0.717, 1.165) is 27.9 Å². The average Bonchev–Trinajstić information content (AvgIpc) is 3.71. The van der Waals surface area contributed by atoms with Gasteiger partial charge in [0.2, 0.25) is 0 Å². The van der Waals surface area contributed by atoms with E-state index in [4.69, 9.17) is 4.42 Å². The molecule has 0 bridgehead atoms. The van der Waals surface area contributed by atoms with Crippen molar-refractivity contribution in [1.29, 1.82) is 0 Å². The molecule has 0 N–H and O–H groups in total. The molecule has 0 spiro atoms. The third-order valence-electron chi connectivity index (χ3n) is 9.58. The smallest absolute Gasteiger partial charge is 0.136 e. The first-order valence-corrected chi connectivity index (χ1v) is 15.2. The Balaban J connectivity index is 1.29. The zero-order chi connectivity index (χ0) is 27.6. The zero-order valence-corrected chi connectivity index (χ0v) is 23.4. The third kappa shape index (κ3) is 3.63. The summed E-state index contributed by atoms with van der Waals surface area (Å²) in [6, 6.07) is 47.0. The van der Waals surface area contributed by atoms with E-state index in [1.165, 1.54) is 85.8 Å². The van der Waals surface area contributed by atoms with Crippen LogP contribution in [-0.4, -0.2) is 0 Å². The summed E-state index contributed by atoms with van der Waals surface area (Å²) in [5.41, 5.74) is 8.47. The van der Waals surface area contributed by atoms with Crippen LogP contribution in [0.25, 0.3) is 76.5 Å². The lowest BCUT2D eigenvalue weighted by Crippen LogP contribution is -1.93. The summed E-state index contributed by atoms with van der Waals surface area (Å²) in [5.74, 6) is 0.724. The van der Waals surface area contributed by atoms with Crippen molar-refractivity contribution in [3.63, 3.8) is 0 Å². The molecule has 1 aliphatic carbocycles. The van der Waals surface area contributed by atoms with Gasteiger partial charge in [0.25, 0.3) is 0 Å². The van der Waals surface area contributed by atoms with E-state index in [-0.39, 0.29) is 0 Å². The van der Waals surface area contributed by atoms with Crippen molar-refractivity contribution in [3.05, 3.63) is 133 Å². The maximum atomic E-state index is 6.35. The molecule has 0 radical (unpaired) electrons. The molecular formula is C41H30O. The molecule has 1 heterocycles. The SMILES string of the molecule is c1ccc2cc3c(cc2c1)oc1ccc(-c2c4ccccc4c(-c4ccc(C5CCCC5)cc4)c4ccccc24)cc13. The van der Waals surface area contributed by atoms with Crippen LogP contribution in [0.1, 0.15) is 37.2 Å². The van der Waals surface area contributed by atoms with Gasteiger partial charge in [-0.15, -0.1) is 0 Å². The lowest BCUT2D eigenvalue weighted by atomic mass is 9.85. The summed E-state index contributed by atoms with van der Waals surface area (Å²) in [6.07, 6.45) is 5.37. The minimum atomic E-state index is 0.724. The summed E-state index contributed by atoms with van der Waals surface area (Å²) >= 11 is 0. The van der Waals surface area contributed by atoms with Gasteiger partial charge in [-0.05, 0) is 103 Å². The van der Waals surface area contributed by atoms with Crippen LogP contribution in [0, 0.1) is 0 Å². The van der Waals surface area contributed by atoms with E-state index in [2.05, 4.69) is 127 Å². The minimum Gasteiger partial charge on any atom is -0.456 e. The fourth-order valence-electron chi connectivity index (χ4n) is 7.55. The monoisotopic (exact) mass is 538 g/mol. The van der Waals surface area contributed by atoms with E-state index in [1.54, 1.807) is 0 Å². The molecule has 1 aromatic heterocycles. The Bertz CT molecular complexity index is 2240. The van der Waals surface area contributed by atoms with Gasteiger partial charge in [-0.3, -0.25) is 0 Å². The lowest BCUT2D eigenvalue weighted by molar-refractivity contribution is 0.669. The molecule has 1 fully saturated rings. The molecule has 7 aromatic carbocycles. The van der Waals surface area contributed by atoms with Crippen molar-refractivity contribution in [2.45, 2.75) is 31.6 Å². The van der Waals surface area contributed by atoms with Crippen LogP contribution < -0.4 is 0 Å². The highest BCUT2D eigenvalue weighted by Gasteiger charge is 2.20. The van der Waals surface area contributed by atoms with Crippen molar-refractivity contribution in [2.24, 2.45) is 0 Å². The van der Waals surface area contributed by atoms with E-state index in [0.29, 0.717) is 0 Å². The van der Waals surface area contributed by atoms with Crippen LogP contribution in [0.2, 0.25) is 0 Å². The van der Waals surface area contributed by atoms with Crippen LogP contribution in [-0.2, 0) is 0 Å². The summed E-state index contributed by atoms with van der Waals surface area (Å²) in [5, 5.41) is 9.91. The Labute approximate surface area is 245 Å². The van der Waals surface area contributed by atoms with Crippen LogP contribution in [0.3, 0.4) is 0 Å². The zero-order valence-electron chi connectivity index (χ0n) is 23.4. The van der Waals surface area contributed by atoms with Gasteiger partial charge in [0.05, 0.1) is 0 Å². The largest absolute Gasteiger partial charge is 0.456 e. The lowest BCUT2D eigenvalue weighted by Gasteiger charge is -2.18. The van der Waals surface area contributed by atoms with E-state index in [9.17, 15) is 0 Å². The fourth-order valence-corrected chi connectivity index (χ4v) is 7.55. The topological polar surface area (TPSA) is 13.1 Å². The van der Waals surface area contributed by atoms with Crippen LogP contribution in [0.4, 0.5) is 0 Å². The quantitative estimate of drug-likeness (QED) is 0.204. The van der Waals surface area contributed by atoms with Crippen LogP contribution >= 0.6 is 0 Å². The molecule has 0 aliphatic heterocycles. The summed E-state index contributed by atoms with van der Waals surface area (Å²) in [7, 11) is 0. The van der Waals surface area contributed by atoms with Crippen LogP contribution in [0.15, 0.2) is 132 Å². The van der Waals surface area contributed by atoms with Gasteiger partial charge in [0.1, 0.15) is 11.2 Å². The standard InChI is InChI=1S/C41H30O/c1-2-10-26(9-1)27-17-19-28(20-18-27)40-32-13-5-7-15-34(32)41(35-16-8-6-14-33(35)40)31-21-22-38-36(24-31)37-23-29-11-3-4-12-30(29)25-39(37)42-38/h3-8,11-26H,1-2,9-10H2. The Morgan fingerprint density at radius 1 is 0.429 bits per heavy atom. The molecule has 9 rings (SSSR count). The maximum Gasteiger partial charge on any atom is 0.136 e. The Kier molecular flexibility index (Phi) is 5.28. The summed E-state index contributed by atoms with van der Waals surface area (Å²) in [6.45, 7) is 0. The second-order valence-corrected chi connectivity index (χ2v) is 12.0. The minimum absolute atomic E-state index is 0.724. The number of hydrogen-bond donors (Lipinski definition) is 0. The predicted octanol–water partition coefficient (Wildman–Crippen LogP) is 12.0. The first-order valence-electron chi connectivity index (χ1n) is 15.2. The van der Waals surface area contributed by atoms with Crippen molar-refractivity contribution in [3.8, 4) is 22.3 Å². The van der Waals surface area contributed by atoms with Gasteiger partial charge in [-0.25, -0.2) is 0 Å². The van der Waals surface area contributed by atoms with Crippen molar-refractivity contribution in [1.82, 2.24) is 0 Å². The molecule has 0 amide bonds. The van der Waals surface area contributed by atoms with E-state index < -0.39 is 0 Å². The number of furan rings is 1. The summed E-state index contributed by atoms with van der Waals surface area (Å²) in [4.78, 5) is 0. The van der Waals surface area contributed by atoms with E-state index in [1.807, 2.05) is 0 Å². The number of benzene rings is 7. The van der Waals surface area contributed by atoms with Gasteiger partial charge >= 0.3 is 0 Å². The predicted molar refractivity (Wildman–Crippen MR) is 178 cm³/mol. The Morgan fingerprint density at radius 2 is 0.952 bits per heavy atom. The number of rotatable bonds is 3. The molecule has 0 atom stereocenters. The molecule has 1 aliphatic rings. The second-order valence-electron chi connectivity index (χ2n) is 12.0. The van der Waals surface area contributed by atoms with Crippen molar-refractivity contribution >= 4 is 54.3 Å². The van der Waals surface area contributed by atoms with Crippen LogP contribution in [0.5, 0.6) is 0 Å². The molecule has 1 saturated carbocycles. The highest BCUT2D eigenvalue weighted by atomic mass is 16.3. The van der Waals surface area contributed by atoms with Gasteiger partial charge in [-0.1, -0.05) is 116 Å². The van der Waals surface area contributed by atoms with Crippen molar-refractivity contribution < 1.29 is 4.42 Å². The summed E-state index contributed by atoms with van der Waals surface area (Å²) < 4.78 is 6.35. The first-order chi connectivity index (χ1) is 20.8. The molecule has 1 nitrogen and oxygen atoms in total. The molecule has 42 heavy (non-hydrogen) atoms. The normalized spacial score (nSPS) is 14.2. The van der Waals surface area contributed by atoms with Gasteiger partial charge in [0, 0.05) is 10.8 Å². The molecular weight excluding hydrogens is 508 g/mol. The number of fused-ring (bicyclic) bond motifs is 6. The van der Waals surface area contributed by atoms with Gasteiger partial charge < -0.3 is 4.42 Å². The second kappa shape index (κ2) is 9.33. The highest BCUT2D eigenvalue weighted by Crippen LogP contribution is 2.45. The first kappa shape index (κ1) is 23.8. The van der Waals surface area contributed by atoms with E-state index >= 15 is 0 Å². The maximum absolute atomic E-state index is 6.35. The van der Waals surface area contributed by atoms with Gasteiger partial charge in [0.15, 0.2) is 0 Å². The third-order valence-corrected chi connectivity index (χ3v) is 9.58. The Hall–Kier alpha value is -4.88. The van der Waals surface area contributed by atoms with Gasteiger partial charge in [-0.2, -0.15) is 0 Å². The number of hydrogen-bond acceptors (Lipinski definition) is 1. The fraction of sp³-hybridized carbons (Fsp3) is 0.122. The highest BCUT2D eigenvalue weighted by molar-refractivity contribution is 6.22. The Morgan fingerprint density at radius 3 is 1.60 bits per heavy atom. The molecule has 1 heteroatoms. The molecule has 200 valence electrons. The average molecular weight is 539 g/mol. The molecule has 8 aromatic rings. The molecule has 0 unspecified atom stereocenters. The molecule has 0 saturated heterocycles. The van der Waals surface area contributed by atoms with Crippen molar-refractivity contribution in [2.75, 3.05) is 0 Å².